The number of benzene rings is 2. The molecule has 0 bridgehead atoms. The smallest absolute Gasteiger partial charge is 0.325 e. The van der Waals surface area contributed by atoms with Crippen molar-refractivity contribution in [2.75, 3.05) is 19.7 Å². The van der Waals surface area contributed by atoms with Crippen LogP contribution in [-0.2, 0) is 15.1 Å². The Morgan fingerprint density at radius 2 is 1.84 bits per heavy atom. The van der Waals surface area contributed by atoms with E-state index in [1.807, 2.05) is 55.5 Å². The summed E-state index contributed by atoms with van der Waals surface area (Å²) in [5, 5.41) is 5.55. The molecule has 2 aromatic carbocycles. The first-order valence-electron chi connectivity index (χ1n) is 10.4. The Kier molecular flexibility index (Phi) is 5.79. The minimum Gasteiger partial charge on any atom is -0.486 e. The minimum atomic E-state index is -1.14. The third-order valence-electron chi connectivity index (χ3n) is 5.46. The lowest BCUT2D eigenvalue weighted by Gasteiger charge is -2.27. The van der Waals surface area contributed by atoms with Gasteiger partial charge < -0.3 is 20.1 Å². The fraction of sp³-hybridized carbons (Fsp3) is 0.348. The lowest BCUT2D eigenvalue weighted by molar-refractivity contribution is -0.135. The van der Waals surface area contributed by atoms with E-state index in [0.29, 0.717) is 36.5 Å². The molecule has 0 aliphatic carbocycles. The predicted molar refractivity (Wildman–Crippen MR) is 113 cm³/mol. The van der Waals surface area contributed by atoms with Crippen LogP contribution in [0.25, 0.3) is 0 Å². The van der Waals surface area contributed by atoms with Gasteiger partial charge in [-0.2, -0.15) is 0 Å². The topological polar surface area (TPSA) is 97.0 Å². The van der Waals surface area contributed by atoms with Gasteiger partial charge >= 0.3 is 6.03 Å². The highest BCUT2D eigenvalue weighted by molar-refractivity contribution is 6.09. The van der Waals surface area contributed by atoms with Crippen LogP contribution in [0, 0.1) is 0 Å². The number of nitrogens with zero attached hydrogens (tertiary/aromatic N) is 1. The number of hydrogen-bond acceptors (Lipinski definition) is 5. The summed E-state index contributed by atoms with van der Waals surface area (Å²) in [6.07, 6.45) is 0.791. The van der Waals surface area contributed by atoms with Crippen LogP contribution in [0.1, 0.15) is 25.3 Å². The molecule has 31 heavy (non-hydrogen) atoms. The standard InChI is InChI=1S/C23H25N3O5/c1-2-12-23(16-8-4-3-5-9-16)21(28)26(22(29)25-23)14-20(27)24-13-17-15-30-18-10-6-7-11-19(18)31-17/h3-11,17H,2,12-15H2,1H3,(H,24,27)(H,25,29)/t17-,23-/m0/s1. The first kappa shape index (κ1) is 20.7. The monoisotopic (exact) mass is 423 g/mol. The molecule has 2 heterocycles. The summed E-state index contributed by atoms with van der Waals surface area (Å²) in [4.78, 5) is 39.3. The van der Waals surface area contributed by atoms with Gasteiger partial charge in [0.05, 0.1) is 6.54 Å². The van der Waals surface area contributed by atoms with E-state index in [9.17, 15) is 14.4 Å². The number of carbonyl (C=O) groups excluding carboxylic acids is 3. The summed E-state index contributed by atoms with van der Waals surface area (Å²) < 4.78 is 11.5. The van der Waals surface area contributed by atoms with E-state index in [-0.39, 0.29) is 19.2 Å². The lowest BCUT2D eigenvalue weighted by atomic mass is 9.85. The van der Waals surface area contributed by atoms with E-state index in [1.165, 1.54) is 0 Å². The number of imide groups is 1. The zero-order valence-electron chi connectivity index (χ0n) is 17.3. The minimum absolute atomic E-state index is 0.204. The second kappa shape index (κ2) is 8.67. The Balaban J connectivity index is 1.38. The highest BCUT2D eigenvalue weighted by atomic mass is 16.6. The van der Waals surface area contributed by atoms with Crippen LogP contribution in [0.4, 0.5) is 4.79 Å². The van der Waals surface area contributed by atoms with Gasteiger partial charge in [0, 0.05) is 0 Å². The summed E-state index contributed by atoms with van der Waals surface area (Å²) in [6.45, 7) is 2.10. The quantitative estimate of drug-likeness (QED) is 0.666. The van der Waals surface area contributed by atoms with Crippen molar-refractivity contribution in [2.45, 2.75) is 31.4 Å². The van der Waals surface area contributed by atoms with Crippen LogP contribution in [0.5, 0.6) is 11.5 Å². The number of fused-ring (bicyclic) bond motifs is 1. The van der Waals surface area contributed by atoms with Crippen LogP contribution < -0.4 is 20.1 Å². The molecule has 1 saturated heterocycles. The Morgan fingerprint density at radius 3 is 2.58 bits per heavy atom. The number of rotatable bonds is 7. The molecule has 0 radical (unpaired) electrons. The SMILES string of the molecule is CCC[C@@]1(c2ccccc2)NC(=O)N(CC(=O)NC[C@H]2COc3ccccc3O2)C1=O. The van der Waals surface area contributed by atoms with Crippen LogP contribution in [0.3, 0.4) is 0 Å². The first-order valence-corrected chi connectivity index (χ1v) is 10.4. The predicted octanol–water partition coefficient (Wildman–Crippen LogP) is 2.19. The number of hydrogen-bond donors (Lipinski definition) is 2. The molecule has 1 fully saturated rings. The molecule has 0 spiro atoms. The molecule has 4 amide bonds. The Bertz CT molecular complexity index is 980. The summed E-state index contributed by atoms with van der Waals surface area (Å²) in [5.41, 5.74) is -0.429. The molecule has 0 saturated carbocycles. The molecule has 0 unspecified atom stereocenters. The van der Waals surface area contributed by atoms with Crippen LogP contribution in [-0.4, -0.2) is 48.5 Å². The molecule has 8 nitrogen and oxygen atoms in total. The van der Waals surface area contributed by atoms with Crippen molar-refractivity contribution in [3.05, 3.63) is 60.2 Å². The second-order valence-electron chi connectivity index (χ2n) is 7.64. The maximum atomic E-state index is 13.2. The molecule has 8 heteroatoms. The third kappa shape index (κ3) is 4.05. The van der Waals surface area contributed by atoms with Crippen molar-refractivity contribution in [3.63, 3.8) is 0 Å². The normalized spacial score (nSPS) is 22.2. The maximum Gasteiger partial charge on any atom is 0.325 e. The van der Waals surface area contributed by atoms with Gasteiger partial charge in [0.2, 0.25) is 5.91 Å². The maximum absolute atomic E-state index is 13.2. The summed E-state index contributed by atoms with van der Waals surface area (Å²) in [7, 11) is 0. The van der Waals surface area contributed by atoms with Crippen LogP contribution in [0.15, 0.2) is 54.6 Å². The van der Waals surface area contributed by atoms with Gasteiger partial charge in [0.15, 0.2) is 11.5 Å². The first-order chi connectivity index (χ1) is 15.0. The average Bonchev–Trinajstić information content (AvgIpc) is 3.03. The molecular formula is C23H25N3O5. The van der Waals surface area contributed by atoms with Gasteiger partial charge in [-0.3, -0.25) is 14.5 Å². The molecule has 2 aromatic rings. The zero-order valence-corrected chi connectivity index (χ0v) is 17.3. The third-order valence-corrected chi connectivity index (χ3v) is 5.46. The van der Waals surface area contributed by atoms with Crippen LogP contribution >= 0.6 is 0 Å². The lowest BCUT2D eigenvalue weighted by Crippen LogP contribution is -2.47. The fourth-order valence-electron chi connectivity index (χ4n) is 3.97. The highest BCUT2D eigenvalue weighted by Crippen LogP contribution is 2.33. The van der Waals surface area contributed by atoms with E-state index >= 15 is 0 Å². The summed E-state index contributed by atoms with van der Waals surface area (Å²) in [5.74, 6) is 0.435. The molecule has 2 atom stereocenters. The molecule has 162 valence electrons. The van der Waals surface area contributed by atoms with Crippen molar-refractivity contribution in [1.82, 2.24) is 15.5 Å². The molecule has 0 aromatic heterocycles. The summed E-state index contributed by atoms with van der Waals surface area (Å²) in [6, 6.07) is 15.9. The van der Waals surface area contributed by atoms with Crippen molar-refractivity contribution >= 4 is 17.8 Å². The van der Waals surface area contributed by atoms with Crippen molar-refractivity contribution in [1.29, 1.82) is 0 Å². The average molecular weight is 423 g/mol. The van der Waals surface area contributed by atoms with E-state index in [4.69, 9.17) is 9.47 Å². The van der Waals surface area contributed by atoms with E-state index in [2.05, 4.69) is 10.6 Å². The van der Waals surface area contributed by atoms with Gasteiger partial charge in [-0.05, 0) is 24.1 Å². The Labute approximate surface area is 180 Å². The number of nitrogens with one attached hydrogen (secondary N) is 2. The summed E-state index contributed by atoms with van der Waals surface area (Å²) >= 11 is 0. The zero-order chi connectivity index (χ0) is 21.8. The van der Waals surface area contributed by atoms with Gasteiger partial charge in [0.1, 0.15) is 24.8 Å². The van der Waals surface area contributed by atoms with E-state index in [1.54, 1.807) is 6.07 Å². The number of urea groups is 1. The number of ether oxygens (including phenoxy) is 2. The van der Waals surface area contributed by atoms with Gasteiger partial charge in [-0.25, -0.2) is 4.79 Å². The van der Waals surface area contributed by atoms with Crippen molar-refractivity contribution in [2.24, 2.45) is 0 Å². The molecule has 2 aliphatic rings. The molecule has 2 aliphatic heterocycles. The largest absolute Gasteiger partial charge is 0.486 e. The number of para-hydroxylation sites is 2. The van der Waals surface area contributed by atoms with Gasteiger partial charge in [-0.15, -0.1) is 0 Å². The number of amides is 4. The van der Waals surface area contributed by atoms with Crippen LogP contribution in [0.2, 0.25) is 0 Å². The Morgan fingerprint density at radius 1 is 1.13 bits per heavy atom. The Hall–Kier alpha value is -3.55. The second-order valence-corrected chi connectivity index (χ2v) is 7.64. The highest BCUT2D eigenvalue weighted by Gasteiger charge is 2.52. The van der Waals surface area contributed by atoms with E-state index < -0.39 is 23.4 Å². The molecule has 2 N–H and O–H groups in total. The fourth-order valence-corrected chi connectivity index (χ4v) is 3.97. The van der Waals surface area contributed by atoms with Crippen molar-refractivity contribution in [3.8, 4) is 11.5 Å². The number of carbonyl (C=O) groups is 3. The van der Waals surface area contributed by atoms with E-state index in [0.717, 1.165) is 4.90 Å². The van der Waals surface area contributed by atoms with Gasteiger partial charge in [-0.1, -0.05) is 55.8 Å². The van der Waals surface area contributed by atoms with Gasteiger partial charge in [0.25, 0.3) is 5.91 Å². The molecule has 4 rings (SSSR count). The van der Waals surface area contributed by atoms with Crippen molar-refractivity contribution < 1.29 is 23.9 Å². The molecular weight excluding hydrogens is 398 g/mol.